The molecule has 1 fully saturated rings. The molecular formula is C10H20ClN3O2. The van der Waals surface area contributed by atoms with Crippen LogP contribution < -0.4 is 16.0 Å². The SMILES string of the molecule is CC(=O)NCC(=O)NCC[C@H]1CCCN1.Cl. The summed E-state index contributed by atoms with van der Waals surface area (Å²) in [6, 6.07) is 0.547. The zero-order valence-corrected chi connectivity index (χ0v) is 10.4. The van der Waals surface area contributed by atoms with Crippen LogP contribution in [0.15, 0.2) is 0 Å². The largest absolute Gasteiger partial charge is 0.355 e. The number of carbonyl (C=O) groups excluding carboxylic acids is 2. The molecule has 0 bridgehead atoms. The van der Waals surface area contributed by atoms with Crippen LogP contribution in [-0.2, 0) is 9.59 Å². The molecule has 1 heterocycles. The van der Waals surface area contributed by atoms with Gasteiger partial charge in [-0.15, -0.1) is 12.4 Å². The zero-order valence-electron chi connectivity index (χ0n) is 9.54. The van der Waals surface area contributed by atoms with Crippen molar-refractivity contribution in [3.8, 4) is 0 Å². The maximum absolute atomic E-state index is 11.2. The van der Waals surface area contributed by atoms with Crippen molar-refractivity contribution in [3.05, 3.63) is 0 Å². The summed E-state index contributed by atoms with van der Waals surface area (Å²) in [6.07, 6.45) is 3.39. The van der Waals surface area contributed by atoms with Gasteiger partial charge >= 0.3 is 0 Å². The number of nitrogens with one attached hydrogen (secondary N) is 3. The third-order valence-electron chi connectivity index (χ3n) is 2.48. The van der Waals surface area contributed by atoms with Gasteiger partial charge in [0.2, 0.25) is 11.8 Å². The van der Waals surface area contributed by atoms with Gasteiger partial charge in [0.05, 0.1) is 6.54 Å². The minimum absolute atomic E-state index is 0. The fraction of sp³-hybridized carbons (Fsp3) is 0.800. The molecule has 3 N–H and O–H groups in total. The molecule has 0 saturated carbocycles. The summed E-state index contributed by atoms with van der Waals surface area (Å²) < 4.78 is 0. The van der Waals surface area contributed by atoms with Crippen LogP contribution in [0.4, 0.5) is 0 Å². The summed E-state index contributed by atoms with van der Waals surface area (Å²) in [5.74, 6) is -0.300. The molecule has 1 atom stereocenters. The number of rotatable bonds is 5. The van der Waals surface area contributed by atoms with Gasteiger partial charge in [0.1, 0.15) is 0 Å². The molecule has 94 valence electrons. The lowest BCUT2D eigenvalue weighted by Crippen LogP contribution is -2.37. The minimum atomic E-state index is -0.178. The molecule has 5 nitrogen and oxygen atoms in total. The highest BCUT2D eigenvalue weighted by Gasteiger charge is 2.13. The summed E-state index contributed by atoms with van der Waals surface area (Å²) >= 11 is 0. The molecule has 0 aromatic heterocycles. The van der Waals surface area contributed by atoms with Crippen LogP contribution in [0.5, 0.6) is 0 Å². The number of hydrogen-bond acceptors (Lipinski definition) is 3. The Morgan fingerprint density at radius 2 is 2.12 bits per heavy atom. The Kier molecular flexibility index (Phi) is 7.93. The molecule has 16 heavy (non-hydrogen) atoms. The third-order valence-corrected chi connectivity index (χ3v) is 2.48. The maximum Gasteiger partial charge on any atom is 0.239 e. The minimum Gasteiger partial charge on any atom is -0.355 e. The Morgan fingerprint density at radius 3 is 2.69 bits per heavy atom. The van der Waals surface area contributed by atoms with Gasteiger partial charge in [-0.3, -0.25) is 9.59 Å². The van der Waals surface area contributed by atoms with E-state index in [2.05, 4.69) is 16.0 Å². The lowest BCUT2D eigenvalue weighted by Gasteiger charge is -2.10. The first kappa shape index (κ1) is 15.2. The Labute approximate surface area is 102 Å². The van der Waals surface area contributed by atoms with Gasteiger partial charge in [0.25, 0.3) is 0 Å². The molecule has 2 amide bonds. The molecule has 1 saturated heterocycles. The summed E-state index contributed by atoms with van der Waals surface area (Å²) in [5.41, 5.74) is 0. The van der Waals surface area contributed by atoms with Crippen molar-refractivity contribution in [3.63, 3.8) is 0 Å². The average Bonchev–Trinajstić information content (AvgIpc) is 2.67. The van der Waals surface area contributed by atoms with E-state index in [1.54, 1.807) is 0 Å². The molecule has 0 aliphatic carbocycles. The van der Waals surface area contributed by atoms with Crippen LogP contribution in [-0.4, -0.2) is 37.5 Å². The Balaban J connectivity index is 0.00000225. The van der Waals surface area contributed by atoms with Crippen molar-refractivity contribution in [2.24, 2.45) is 0 Å². The quantitative estimate of drug-likeness (QED) is 0.632. The molecule has 0 aromatic carbocycles. The molecule has 1 rings (SSSR count). The van der Waals surface area contributed by atoms with Gasteiger partial charge in [0, 0.05) is 19.5 Å². The van der Waals surface area contributed by atoms with E-state index in [0.29, 0.717) is 12.6 Å². The van der Waals surface area contributed by atoms with Gasteiger partial charge < -0.3 is 16.0 Å². The highest BCUT2D eigenvalue weighted by atomic mass is 35.5. The molecular weight excluding hydrogens is 230 g/mol. The molecule has 0 aromatic rings. The Morgan fingerprint density at radius 1 is 1.38 bits per heavy atom. The van der Waals surface area contributed by atoms with E-state index in [1.165, 1.54) is 19.8 Å². The van der Waals surface area contributed by atoms with E-state index in [-0.39, 0.29) is 30.8 Å². The van der Waals surface area contributed by atoms with E-state index >= 15 is 0 Å². The molecule has 1 aliphatic heterocycles. The number of hydrogen-bond donors (Lipinski definition) is 3. The number of halogens is 1. The highest BCUT2D eigenvalue weighted by molar-refractivity contribution is 5.85. The Hall–Kier alpha value is -0.810. The van der Waals surface area contributed by atoms with E-state index in [4.69, 9.17) is 0 Å². The fourth-order valence-corrected chi connectivity index (χ4v) is 1.66. The van der Waals surface area contributed by atoms with E-state index in [1.807, 2.05) is 0 Å². The first-order valence-corrected chi connectivity index (χ1v) is 5.43. The monoisotopic (exact) mass is 249 g/mol. The van der Waals surface area contributed by atoms with Gasteiger partial charge in [-0.25, -0.2) is 0 Å². The fourth-order valence-electron chi connectivity index (χ4n) is 1.66. The normalized spacial score (nSPS) is 18.7. The van der Waals surface area contributed by atoms with Crippen LogP contribution in [0.1, 0.15) is 26.2 Å². The van der Waals surface area contributed by atoms with Crippen molar-refractivity contribution in [1.82, 2.24) is 16.0 Å². The molecule has 0 radical (unpaired) electrons. The topological polar surface area (TPSA) is 70.2 Å². The average molecular weight is 250 g/mol. The molecule has 0 spiro atoms. The second-order valence-electron chi connectivity index (χ2n) is 3.84. The number of carbonyl (C=O) groups is 2. The molecule has 6 heteroatoms. The lowest BCUT2D eigenvalue weighted by atomic mass is 10.1. The summed E-state index contributed by atoms with van der Waals surface area (Å²) in [7, 11) is 0. The van der Waals surface area contributed by atoms with Crippen LogP contribution >= 0.6 is 12.4 Å². The molecule has 0 unspecified atom stereocenters. The van der Waals surface area contributed by atoms with Gasteiger partial charge in [-0.05, 0) is 25.8 Å². The summed E-state index contributed by atoms with van der Waals surface area (Å²) in [4.78, 5) is 21.7. The van der Waals surface area contributed by atoms with Crippen molar-refractivity contribution in [2.45, 2.75) is 32.2 Å². The van der Waals surface area contributed by atoms with Crippen molar-refractivity contribution in [2.75, 3.05) is 19.6 Å². The first-order valence-electron chi connectivity index (χ1n) is 5.43. The highest BCUT2D eigenvalue weighted by Crippen LogP contribution is 2.07. The van der Waals surface area contributed by atoms with Gasteiger partial charge in [-0.2, -0.15) is 0 Å². The van der Waals surface area contributed by atoms with Crippen LogP contribution in [0.25, 0.3) is 0 Å². The van der Waals surface area contributed by atoms with E-state index < -0.39 is 0 Å². The standard InChI is InChI=1S/C10H19N3O2.ClH/c1-8(14)13-7-10(15)12-6-4-9-3-2-5-11-9;/h9,11H,2-7H2,1H3,(H,12,15)(H,13,14);1H/t9-;/m1./s1. The van der Waals surface area contributed by atoms with Crippen LogP contribution in [0, 0.1) is 0 Å². The zero-order chi connectivity index (χ0) is 11.1. The van der Waals surface area contributed by atoms with Gasteiger partial charge in [-0.1, -0.05) is 0 Å². The van der Waals surface area contributed by atoms with Crippen LogP contribution in [0.3, 0.4) is 0 Å². The van der Waals surface area contributed by atoms with Gasteiger partial charge in [0.15, 0.2) is 0 Å². The summed E-state index contributed by atoms with van der Waals surface area (Å²) in [5, 5.41) is 8.59. The predicted octanol–water partition coefficient (Wildman–Crippen LogP) is -0.197. The number of amides is 2. The third kappa shape index (κ3) is 6.63. The van der Waals surface area contributed by atoms with Crippen molar-refractivity contribution < 1.29 is 9.59 Å². The predicted molar refractivity (Wildman–Crippen MR) is 64.6 cm³/mol. The second-order valence-corrected chi connectivity index (χ2v) is 3.84. The smallest absolute Gasteiger partial charge is 0.239 e. The lowest BCUT2D eigenvalue weighted by molar-refractivity contribution is -0.125. The molecule has 1 aliphatic rings. The van der Waals surface area contributed by atoms with Crippen molar-refractivity contribution >= 4 is 24.2 Å². The second kappa shape index (κ2) is 8.35. The van der Waals surface area contributed by atoms with Crippen molar-refractivity contribution in [1.29, 1.82) is 0 Å². The summed E-state index contributed by atoms with van der Waals surface area (Å²) in [6.45, 7) is 3.24. The van der Waals surface area contributed by atoms with Crippen LogP contribution in [0.2, 0.25) is 0 Å². The van der Waals surface area contributed by atoms with E-state index in [0.717, 1.165) is 13.0 Å². The van der Waals surface area contributed by atoms with E-state index in [9.17, 15) is 9.59 Å². The Bertz CT molecular complexity index is 230. The maximum atomic E-state index is 11.2. The first-order chi connectivity index (χ1) is 7.18.